The lowest BCUT2D eigenvalue weighted by molar-refractivity contribution is 0.0581. The van der Waals surface area contributed by atoms with Crippen LogP contribution in [-0.4, -0.2) is 5.11 Å². The summed E-state index contributed by atoms with van der Waals surface area (Å²) in [5.41, 5.74) is -0.938. The van der Waals surface area contributed by atoms with Crippen molar-refractivity contribution in [2.45, 2.75) is 18.9 Å². The first-order chi connectivity index (χ1) is 8.81. The van der Waals surface area contributed by atoms with Gasteiger partial charge in [0.05, 0.1) is 10.6 Å². The van der Waals surface area contributed by atoms with Gasteiger partial charge in [-0.05, 0) is 46.4 Å². The van der Waals surface area contributed by atoms with Crippen LogP contribution >= 0.6 is 50.5 Å². The molecule has 0 spiro atoms. The topological polar surface area (TPSA) is 20.2 Å². The van der Waals surface area contributed by atoms with E-state index in [2.05, 4.69) is 15.9 Å². The standard InChI is InChI=1S/C13H10BrCl2FOS/c1-13(18,6-12-8(14)2-3-19-12)7-4-11(17)10(16)5-9(7)15/h2-5,18H,6H2,1H3. The van der Waals surface area contributed by atoms with Gasteiger partial charge in [-0.15, -0.1) is 11.3 Å². The van der Waals surface area contributed by atoms with Crippen LogP contribution in [0.2, 0.25) is 10.0 Å². The lowest BCUT2D eigenvalue weighted by Gasteiger charge is -2.25. The average Bonchev–Trinajstić information content (AvgIpc) is 2.69. The van der Waals surface area contributed by atoms with E-state index in [1.165, 1.54) is 23.5 Å². The first-order valence-electron chi connectivity index (χ1n) is 5.40. The summed E-state index contributed by atoms with van der Waals surface area (Å²) in [6.45, 7) is 1.60. The minimum atomic E-state index is -1.27. The molecule has 19 heavy (non-hydrogen) atoms. The number of hydrogen-bond acceptors (Lipinski definition) is 2. The van der Waals surface area contributed by atoms with Crippen molar-refractivity contribution in [1.29, 1.82) is 0 Å². The van der Waals surface area contributed by atoms with Gasteiger partial charge in [0.15, 0.2) is 0 Å². The van der Waals surface area contributed by atoms with E-state index < -0.39 is 11.4 Å². The molecule has 0 saturated carbocycles. The van der Waals surface area contributed by atoms with Crippen molar-refractivity contribution >= 4 is 50.5 Å². The van der Waals surface area contributed by atoms with E-state index in [1.807, 2.05) is 11.4 Å². The molecule has 6 heteroatoms. The summed E-state index contributed by atoms with van der Waals surface area (Å²) in [4.78, 5) is 0.969. The van der Waals surface area contributed by atoms with Crippen LogP contribution in [0.3, 0.4) is 0 Å². The monoisotopic (exact) mass is 382 g/mol. The van der Waals surface area contributed by atoms with Gasteiger partial charge >= 0.3 is 0 Å². The second kappa shape index (κ2) is 5.70. The maximum atomic E-state index is 13.5. The third-order valence-electron chi connectivity index (χ3n) is 2.79. The van der Waals surface area contributed by atoms with Crippen molar-refractivity contribution in [1.82, 2.24) is 0 Å². The summed E-state index contributed by atoms with van der Waals surface area (Å²) < 4.78 is 14.5. The normalized spacial score (nSPS) is 14.4. The second-order valence-electron chi connectivity index (χ2n) is 4.39. The highest BCUT2D eigenvalue weighted by Crippen LogP contribution is 2.36. The third kappa shape index (κ3) is 3.31. The van der Waals surface area contributed by atoms with E-state index in [0.29, 0.717) is 12.0 Å². The van der Waals surface area contributed by atoms with E-state index in [-0.39, 0.29) is 10.0 Å². The van der Waals surface area contributed by atoms with E-state index in [0.717, 1.165) is 9.35 Å². The molecule has 2 rings (SSSR count). The van der Waals surface area contributed by atoms with Crippen LogP contribution in [0, 0.1) is 5.82 Å². The largest absolute Gasteiger partial charge is 0.385 e. The van der Waals surface area contributed by atoms with E-state index >= 15 is 0 Å². The van der Waals surface area contributed by atoms with Crippen LogP contribution in [0.4, 0.5) is 4.39 Å². The average molecular weight is 384 g/mol. The highest BCUT2D eigenvalue weighted by molar-refractivity contribution is 9.10. The van der Waals surface area contributed by atoms with Crippen LogP contribution in [-0.2, 0) is 12.0 Å². The molecule has 2 aromatic rings. The lowest BCUT2D eigenvalue weighted by atomic mass is 9.91. The maximum Gasteiger partial charge on any atom is 0.142 e. The molecule has 102 valence electrons. The van der Waals surface area contributed by atoms with Crippen molar-refractivity contribution in [2.75, 3.05) is 0 Å². The second-order valence-corrected chi connectivity index (χ2v) is 7.06. The SMILES string of the molecule is CC(O)(Cc1sccc1Br)c1cc(F)c(Cl)cc1Cl. The molecule has 0 bridgehead atoms. The van der Waals surface area contributed by atoms with E-state index in [9.17, 15) is 9.50 Å². The summed E-state index contributed by atoms with van der Waals surface area (Å²) in [5.74, 6) is -0.591. The molecule has 0 aliphatic carbocycles. The van der Waals surface area contributed by atoms with Crippen LogP contribution in [0.25, 0.3) is 0 Å². The molecule has 1 aromatic heterocycles. The summed E-state index contributed by atoms with van der Waals surface area (Å²) >= 11 is 16.6. The van der Waals surface area contributed by atoms with Gasteiger partial charge in [-0.2, -0.15) is 0 Å². The fourth-order valence-electron chi connectivity index (χ4n) is 1.79. The molecule has 1 unspecified atom stereocenters. The van der Waals surface area contributed by atoms with Crippen LogP contribution in [0.15, 0.2) is 28.1 Å². The van der Waals surface area contributed by atoms with Crippen molar-refractivity contribution in [3.8, 4) is 0 Å². The number of hydrogen-bond donors (Lipinski definition) is 1. The van der Waals surface area contributed by atoms with Crippen LogP contribution in [0.1, 0.15) is 17.4 Å². The maximum absolute atomic E-state index is 13.5. The zero-order valence-corrected chi connectivity index (χ0v) is 13.8. The first kappa shape index (κ1) is 15.3. The van der Waals surface area contributed by atoms with Gasteiger partial charge in [0.2, 0.25) is 0 Å². The van der Waals surface area contributed by atoms with Gasteiger partial charge in [0, 0.05) is 26.4 Å². The predicted octanol–water partition coefficient (Wildman–Crippen LogP) is 5.41. The Kier molecular flexibility index (Phi) is 4.58. The molecule has 1 atom stereocenters. The Hall–Kier alpha value is -0.130. The van der Waals surface area contributed by atoms with Crippen molar-refractivity contribution in [3.63, 3.8) is 0 Å². The molecule has 0 radical (unpaired) electrons. The Morgan fingerprint density at radius 2 is 2.05 bits per heavy atom. The van der Waals surface area contributed by atoms with Gasteiger partial charge in [-0.3, -0.25) is 0 Å². The Bertz CT molecular complexity index is 613. The molecule has 1 N–H and O–H groups in total. The Morgan fingerprint density at radius 3 is 2.63 bits per heavy atom. The molecule has 1 aromatic carbocycles. The molecule has 0 saturated heterocycles. The summed E-state index contributed by atoms with van der Waals surface area (Å²) in [6, 6.07) is 4.40. The molecular formula is C13H10BrCl2FOS. The third-order valence-corrected chi connectivity index (χ3v) is 5.31. The molecule has 1 nitrogen and oxygen atoms in total. The molecule has 0 aliphatic rings. The number of benzene rings is 1. The molecule has 1 heterocycles. The van der Waals surface area contributed by atoms with E-state index in [4.69, 9.17) is 23.2 Å². The van der Waals surface area contributed by atoms with Gasteiger partial charge in [0.1, 0.15) is 5.82 Å². The quantitative estimate of drug-likeness (QED) is 0.702. The number of halogens is 4. The molecular weight excluding hydrogens is 374 g/mol. The van der Waals surface area contributed by atoms with Gasteiger partial charge in [0.25, 0.3) is 0 Å². The highest BCUT2D eigenvalue weighted by Gasteiger charge is 2.28. The van der Waals surface area contributed by atoms with Crippen LogP contribution < -0.4 is 0 Å². The first-order valence-corrected chi connectivity index (χ1v) is 7.83. The smallest absolute Gasteiger partial charge is 0.142 e. The van der Waals surface area contributed by atoms with Gasteiger partial charge in [-0.25, -0.2) is 4.39 Å². The van der Waals surface area contributed by atoms with E-state index in [1.54, 1.807) is 6.92 Å². The molecule has 0 fully saturated rings. The van der Waals surface area contributed by atoms with Crippen molar-refractivity contribution in [2.24, 2.45) is 0 Å². The minimum absolute atomic E-state index is 0.0538. The van der Waals surface area contributed by atoms with Crippen LogP contribution in [0.5, 0.6) is 0 Å². The Balaban J connectivity index is 2.39. The van der Waals surface area contributed by atoms with Crippen molar-refractivity contribution in [3.05, 3.63) is 54.4 Å². The number of thiophene rings is 1. The zero-order chi connectivity index (χ0) is 14.2. The zero-order valence-electron chi connectivity index (χ0n) is 9.88. The number of aliphatic hydroxyl groups is 1. The predicted molar refractivity (Wildman–Crippen MR) is 81.7 cm³/mol. The fraction of sp³-hybridized carbons (Fsp3) is 0.231. The minimum Gasteiger partial charge on any atom is -0.385 e. The van der Waals surface area contributed by atoms with Gasteiger partial charge < -0.3 is 5.11 Å². The lowest BCUT2D eigenvalue weighted by Crippen LogP contribution is -2.24. The summed E-state index contributed by atoms with van der Waals surface area (Å²) in [6.07, 6.45) is 0.339. The fourth-order valence-corrected chi connectivity index (χ4v) is 4.02. The number of rotatable bonds is 3. The van der Waals surface area contributed by atoms with Gasteiger partial charge in [-0.1, -0.05) is 23.2 Å². The molecule has 0 amide bonds. The summed E-state index contributed by atoms with van der Waals surface area (Å²) in [7, 11) is 0. The van der Waals surface area contributed by atoms with Crippen molar-refractivity contribution < 1.29 is 9.50 Å². The molecule has 0 aliphatic heterocycles. The highest BCUT2D eigenvalue weighted by atomic mass is 79.9. The Labute approximate surface area is 133 Å². The Morgan fingerprint density at radius 1 is 1.37 bits per heavy atom. The summed E-state index contributed by atoms with van der Waals surface area (Å²) in [5, 5.41) is 12.7.